The molecule has 0 saturated heterocycles. The van der Waals surface area contributed by atoms with Crippen molar-refractivity contribution >= 4 is 5.84 Å². The van der Waals surface area contributed by atoms with Crippen LogP contribution in [0.2, 0.25) is 0 Å². The maximum absolute atomic E-state index is 6.06. The summed E-state index contributed by atoms with van der Waals surface area (Å²) in [6.45, 7) is 5.14. The van der Waals surface area contributed by atoms with Crippen molar-refractivity contribution in [1.82, 2.24) is 9.78 Å². The summed E-state index contributed by atoms with van der Waals surface area (Å²) in [7, 11) is 0. The lowest BCUT2D eigenvalue weighted by Crippen LogP contribution is -2.14. The van der Waals surface area contributed by atoms with Crippen LogP contribution < -0.4 is 5.73 Å². The normalized spacial score (nSPS) is 11.5. The molecule has 128 valence electrons. The van der Waals surface area contributed by atoms with E-state index in [2.05, 4.69) is 29.3 Å². The third-order valence-corrected chi connectivity index (χ3v) is 3.90. The molecular weight excluding hydrogens is 312 g/mol. The van der Waals surface area contributed by atoms with E-state index in [9.17, 15) is 0 Å². The number of aromatic nitrogens is 2. The Morgan fingerprint density at radius 1 is 1.04 bits per heavy atom. The van der Waals surface area contributed by atoms with Crippen molar-refractivity contribution < 1.29 is 4.84 Å². The van der Waals surface area contributed by atoms with Gasteiger partial charge in [-0.15, -0.1) is 0 Å². The molecule has 1 aromatic heterocycles. The molecule has 2 aromatic carbocycles. The van der Waals surface area contributed by atoms with E-state index in [4.69, 9.17) is 10.6 Å². The second-order valence-electron chi connectivity index (χ2n) is 6.02. The van der Waals surface area contributed by atoms with Crippen molar-refractivity contribution in [2.75, 3.05) is 0 Å². The Morgan fingerprint density at radius 2 is 1.80 bits per heavy atom. The summed E-state index contributed by atoms with van der Waals surface area (Å²) < 4.78 is 1.98. The zero-order valence-electron chi connectivity index (χ0n) is 14.5. The third-order valence-electron chi connectivity index (χ3n) is 3.90. The molecule has 0 aliphatic carbocycles. The van der Waals surface area contributed by atoms with Crippen molar-refractivity contribution in [3.8, 4) is 0 Å². The second-order valence-corrected chi connectivity index (χ2v) is 6.02. The molecule has 0 radical (unpaired) electrons. The molecule has 5 nitrogen and oxygen atoms in total. The van der Waals surface area contributed by atoms with Crippen LogP contribution in [0.4, 0.5) is 0 Å². The van der Waals surface area contributed by atoms with E-state index < -0.39 is 0 Å². The highest BCUT2D eigenvalue weighted by Crippen LogP contribution is 2.10. The molecule has 0 aliphatic rings. The fourth-order valence-corrected chi connectivity index (χ4v) is 2.64. The lowest BCUT2D eigenvalue weighted by atomic mass is 10.1. The van der Waals surface area contributed by atoms with Gasteiger partial charge in [0.25, 0.3) is 0 Å². The average Bonchev–Trinajstić information content (AvgIpc) is 2.93. The third kappa shape index (κ3) is 4.47. The summed E-state index contributed by atoms with van der Waals surface area (Å²) in [5.41, 5.74) is 11.2. The first-order valence-electron chi connectivity index (χ1n) is 8.21. The van der Waals surface area contributed by atoms with E-state index in [1.807, 2.05) is 60.1 Å². The minimum absolute atomic E-state index is 0.367. The molecule has 0 fully saturated rings. The van der Waals surface area contributed by atoms with Gasteiger partial charge in [0.15, 0.2) is 5.84 Å². The molecule has 0 atom stereocenters. The van der Waals surface area contributed by atoms with Gasteiger partial charge in [-0.1, -0.05) is 53.7 Å². The monoisotopic (exact) mass is 334 g/mol. The number of nitrogens with two attached hydrogens (primary N) is 1. The number of amidine groups is 1. The Balaban J connectivity index is 1.67. The first kappa shape index (κ1) is 16.8. The molecular formula is C20H22N4O. The zero-order valence-corrected chi connectivity index (χ0v) is 14.5. The van der Waals surface area contributed by atoms with Gasteiger partial charge < -0.3 is 10.6 Å². The van der Waals surface area contributed by atoms with Gasteiger partial charge in [-0.2, -0.15) is 5.10 Å². The molecule has 3 aromatic rings. The Bertz CT molecular complexity index is 868. The van der Waals surface area contributed by atoms with Crippen LogP contribution in [0.5, 0.6) is 0 Å². The van der Waals surface area contributed by atoms with Crippen LogP contribution in [0.15, 0.2) is 65.8 Å². The van der Waals surface area contributed by atoms with Crippen molar-refractivity contribution in [2.45, 2.75) is 27.0 Å². The Labute approximate surface area is 147 Å². The van der Waals surface area contributed by atoms with Crippen LogP contribution in [-0.4, -0.2) is 15.6 Å². The van der Waals surface area contributed by atoms with Gasteiger partial charge in [0.05, 0.1) is 12.2 Å². The van der Waals surface area contributed by atoms with Gasteiger partial charge in [-0.05, 0) is 37.1 Å². The van der Waals surface area contributed by atoms with Crippen LogP contribution in [0.25, 0.3) is 0 Å². The molecule has 0 bridgehead atoms. The molecule has 5 heteroatoms. The number of rotatable bonds is 6. The average molecular weight is 334 g/mol. The number of benzene rings is 2. The highest BCUT2D eigenvalue weighted by Gasteiger charge is 2.05. The Hall–Kier alpha value is -3.08. The van der Waals surface area contributed by atoms with E-state index >= 15 is 0 Å². The standard InChI is InChI=1S/C20H22N4O/c1-15-11-16(2)24(22-15)13-18-9-6-10-19(12-18)20(21)23-25-14-17-7-4-3-5-8-17/h3-12H,13-14H2,1-2H3,(H2,21,23). The van der Waals surface area contributed by atoms with Crippen molar-refractivity contribution in [3.05, 3.63) is 88.7 Å². The SMILES string of the molecule is Cc1cc(C)n(Cc2cccc(/C(N)=N\OCc3ccccc3)c2)n1. The molecule has 0 saturated carbocycles. The molecule has 0 unspecified atom stereocenters. The largest absolute Gasteiger partial charge is 0.389 e. The quantitative estimate of drug-likeness (QED) is 0.427. The highest BCUT2D eigenvalue weighted by atomic mass is 16.6. The Morgan fingerprint density at radius 3 is 2.52 bits per heavy atom. The van der Waals surface area contributed by atoms with Crippen LogP contribution in [-0.2, 0) is 18.0 Å². The number of oxime groups is 1. The zero-order chi connectivity index (χ0) is 17.6. The maximum Gasteiger partial charge on any atom is 0.170 e. The number of nitrogens with zero attached hydrogens (tertiary/aromatic N) is 3. The minimum Gasteiger partial charge on any atom is -0.389 e. The van der Waals surface area contributed by atoms with E-state index in [-0.39, 0.29) is 0 Å². The molecule has 3 rings (SSSR count). The highest BCUT2D eigenvalue weighted by molar-refractivity contribution is 5.97. The van der Waals surface area contributed by atoms with E-state index in [1.54, 1.807) is 0 Å². The molecule has 0 spiro atoms. The topological polar surface area (TPSA) is 65.4 Å². The van der Waals surface area contributed by atoms with Crippen LogP contribution in [0.3, 0.4) is 0 Å². The lowest BCUT2D eigenvalue weighted by Gasteiger charge is -2.07. The predicted octanol–water partition coefficient (Wildman–Crippen LogP) is 3.39. The molecule has 1 heterocycles. The van der Waals surface area contributed by atoms with Gasteiger partial charge in [-0.25, -0.2) is 0 Å². The summed E-state index contributed by atoms with van der Waals surface area (Å²) >= 11 is 0. The minimum atomic E-state index is 0.367. The fourth-order valence-electron chi connectivity index (χ4n) is 2.64. The molecule has 25 heavy (non-hydrogen) atoms. The molecule has 0 amide bonds. The van der Waals surface area contributed by atoms with Crippen molar-refractivity contribution in [2.24, 2.45) is 10.9 Å². The maximum atomic E-state index is 6.06. The van der Waals surface area contributed by atoms with E-state index in [0.717, 1.165) is 28.1 Å². The number of hydrogen-bond acceptors (Lipinski definition) is 3. The summed E-state index contributed by atoms with van der Waals surface area (Å²) in [6, 6.07) is 19.9. The second kappa shape index (κ2) is 7.66. The van der Waals surface area contributed by atoms with Gasteiger partial charge in [0.2, 0.25) is 0 Å². The van der Waals surface area contributed by atoms with Gasteiger partial charge in [0.1, 0.15) is 6.61 Å². The van der Waals surface area contributed by atoms with Gasteiger partial charge in [0, 0.05) is 11.3 Å². The molecule has 0 aliphatic heterocycles. The summed E-state index contributed by atoms with van der Waals surface area (Å²) in [5.74, 6) is 0.367. The van der Waals surface area contributed by atoms with E-state index in [0.29, 0.717) is 19.0 Å². The first-order valence-corrected chi connectivity index (χ1v) is 8.21. The summed E-state index contributed by atoms with van der Waals surface area (Å²) in [4.78, 5) is 5.36. The van der Waals surface area contributed by atoms with Crippen molar-refractivity contribution in [3.63, 3.8) is 0 Å². The summed E-state index contributed by atoms with van der Waals surface area (Å²) in [5, 5.41) is 8.53. The number of aryl methyl sites for hydroxylation is 2. The van der Waals surface area contributed by atoms with Crippen LogP contribution in [0, 0.1) is 13.8 Å². The van der Waals surface area contributed by atoms with Gasteiger partial charge in [-0.3, -0.25) is 4.68 Å². The number of hydrogen-bond donors (Lipinski definition) is 1. The molecule has 2 N–H and O–H groups in total. The first-order chi connectivity index (χ1) is 12.1. The lowest BCUT2D eigenvalue weighted by molar-refractivity contribution is 0.130. The fraction of sp³-hybridized carbons (Fsp3) is 0.200. The van der Waals surface area contributed by atoms with Crippen molar-refractivity contribution in [1.29, 1.82) is 0 Å². The van der Waals surface area contributed by atoms with E-state index in [1.165, 1.54) is 0 Å². The van der Waals surface area contributed by atoms with Crippen LogP contribution in [0.1, 0.15) is 28.1 Å². The summed E-state index contributed by atoms with van der Waals surface area (Å²) in [6.07, 6.45) is 0. The van der Waals surface area contributed by atoms with Gasteiger partial charge >= 0.3 is 0 Å². The Kier molecular flexibility index (Phi) is 5.14. The van der Waals surface area contributed by atoms with Crippen LogP contribution >= 0.6 is 0 Å². The predicted molar refractivity (Wildman–Crippen MR) is 99.2 cm³/mol. The smallest absolute Gasteiger partial charge is 0.170 e.